The molecule has 8 heteroatoms. The minimum absolute atomic E-state index is 0.0531. The Morgan fingerprint density at radius 2 is 1.76 bits per heavy atom. The Hall–Kier alpha value is -3.16. The first kappa shape index (κ1) is 29.3. The number of phenolic OH excluding ortho intramolecular Hbond substituents is 1. The number of carbonyl (C=O) groups is 4. The zero-order chi connectivity index (χ0) is 29.4. The second-order valence-corrected chi connectivity index (χ2v) is 13.1. The number of ether oxygens (including phenoxy) is 2. The molecular weight excluding hydrogens is 522 g/mol. The molecular formula is C33H43NO7. The molecule has 8 nitrogen and oxygen atoms in total. The van der Waals surface area contributed by atoms with Crippen LogP contribution in [0.5, 0.6) is 5.75 Å². The standard InChI is InChI=1S/C33H43NO7/c1-32-16-14-23(36)19-21(32)6-9-24-25-10-11-28(33(25,2)17-15-26(24)32)41-30(38)13-12-29(37)34-27(31(39)40-3)18-20-4-7-22(35)8-5-20/h4-5,7-8,19,24-28,35H,6,9-18H2,1-3H3,(H,34,37)/t24-,25-,26+,27+,28-,32-,33-/m0/s1. The number of phenols is 1. The molecule has 222 valence electrons. The van der Waals surface area contributed by atoms with Gasteiger partial charge in [0.25, 0.3) is 0 Å². The molecule has 3 fully saturated rings. The van der Waals surface area contributed by atoms with Gasteiger partial charge in [0.1, 0.15) is 17.9 Å². The van der Waals surface area contributed by atoms with Gasteiger partial charge in [0, 0.05) is 24.7 Å². The first-order valence-electron chi connectivity index (χ1n) is 15.1. The summed E-state index contributed by atoms with van der Waals surface area (Å²) in [6, 6.07) is 5.49. The summed E-state index contributed by atoms with van der Waals surface area (Å²) in [5.74, 6) is 0.677. The lowest BCUT2D eigenvalue weighted by Crippen LogP contribution is -2.51. The minimum atomic E-state index is -0.896. The number of ketones is 1. The molecule has 0 unspecified atom stereocenters. The number of esters is 2. The second kappa shape index (κ2) is 11.6. The van der Waals surface area contributed by atoms with Crippen molar-refractivity contribution in [1.29, 1.82) is 0 Å². The highest BCUT2D eigenvalue weighted by molar-refractivity contribution is 5.91. The molecule has 0 aliphatic heterocycles. The zero-order valence-corrected chi connectivity index (χ0v) is 24.4. The molecule has 3 saturated carbocycles. The van der Waals surface area contributed by atoms with Crippen molar-refractivity contribution in [1.82, 2.24) is 5.32 Å². The summed E-state index contributed by atoms with van der Waals surface area (Å²) >= 11 is 0. The molecule has 4 aliphatic rings. The molecule has 0 saturated heterocycles. The predicted molar refractivity (Wildman–Crippen MR) is 152 cm³/mol. The summed E-state index contributed by atoms with van der Waals surface area (Å²) in [5, 5.41) is 12.2. The first-order valence-corrected chi connectivity index (χ1v) is 15.1. The lowest BCUT2D eigenvalue weighted by atomic mass is 9.47. The molecule has 0 bridgehead atoms. The Bertz CT molecular complexity index is 1220. The number of benzene rings is 1. The lowest BCUT2D eigenvalue weighted by Gasteiger charge is -2.57. The van der Waals surface area contributed by atoms with Crippen LogP contribution in [-0.4, -0.2) is 48.0 Å². The second-order valence-electron chi connectivity index (χ2n) is 13.1. The summed E-state index contributed by atoms with van der Waals surface area (Å²) < 4.78 is 10.9. The summed E-state index contributed by atoms with van der Waals surface area (Å²) in [5.41, 5.74) is 2.16. The molecule has 41 heavy (non-hydrogen) atoms. The third-order valence-electron chi connectivity index (χ3n) is 10.9. The SMILES string of the molecule is COC(=O)[C@@H](Cc1ccc(O)cc1)NC(=O)CCC(=O)O[C@H]1CC[C@H]2[C@@H]3CCC4=CC(=O)CC[C@]4(C)[C@@H]3CC[C@]12C. The smallest absolute Gasteiger partial charge is 0.328 e. The third kappa shape index (κ3) is 5.80. The average molecular weight is 566 g/mol. The molecule has 0 heterocycles. The quantitative estimate of drug-likeness (QED) is 0.434. The Kier molecular flexibility index (Phi) is 8.31. The fourth-order valence-electron chi connectivity index (χ4n) is 8.61. The summed E-state index contributed by atoms with van der Waals surface area (Å²) in [7, 11) is 1.26. The number of amides is 1. The maximum absolute atomic E-state index is 12.9. The van der Waals surface area contributed by atoms with E-state index in [2.05, 4.69) is 19.2 Å². The largest absolute Gasteiger partial charge is 0.508 e. The van der Waals surface area contributed by atoms with Crippen LogP contribution in [-0.2, 0) is 35.1 Å². The predicted octanol–water partition coefficient (Wildman–Crippen LogP) is 4.82. The maximum atomic E-state index is 12.9. The Morgan fingerprint density at radius 3 is 2.49 bits per heavy atom. The Balaban J connectivity index is 1.15. The highest BCUT2D eigenvalue weighted by Crippen LogP contribution is 2.65. The van der Waals surface area contributed by atoms with Gasteiger partial charge in [-0.15, -0.1) is 0 Å². The molecule has 5 rings (SSSR count). The van der Waals surface area contributed by atoms with E-state index in [0.717, 1.165) is 50.5 Å². The highest BCUT2D eigenvalue weighted by Gasteiger charge is 2.60. The van der Waals surface area contributed by atoms with Crippen LogP contribution in [0.25, 0.3) is 0 Å². The van der Waals surface area contributed by atoms with E-state index in [-0.39, 0.29) is 53.7 Å². The van der Waals surface area contributed by atoms with Gasteiger partial charge in [-0.1, -0.05) is 31.6 Å². The number of fused-ring (bicyclic) bond motifs is 5. The van der Waals surface area contributed by atoms with Gasteiger partial charge in [-0.05, 0) is 91.9 Å². The van der Waals surface area contributed by atoms with Gasteiger partial charge >= 0.3 is 11.9 Å². The van der Waals surface area contributed by atoms with Crippen LogP contribution in [0.3, 0.4) is 0 Å². The number of methoxy groups -OCH3 is 1. The molecule has 4 aliphatic carbocycles. The normalized spacial score (nSPS) is 33.0. The first-order chi connectivity index (χ1) is 19.5. The molecule has 7 atom stereocenters. The van der Waals surface area contributed by atoms with Crippen LogP contribution < -0.4 is 5.32 Å². The van der Waals surface area contributed by atoms with Crippen molar-refractivity contribution in [3.05, 3.63) is 41.5 Å². The van der Waals surface area contributed by atoms with Crippen molar-refractivity contribution in [3.8, 4) is 5.75 Å². The van der Waals surface area contributed by atoms with Crippen LogP contribution in [0.4, 0.5) is 0 Å². The average Bonchev–Trinajstić information content (AvgIpc) is 3.28. The maximum Gasteiger partial charge on any atom is 0.328 e. The van der Waals surface area contributed by atoms with E-state index in [0.29, 0.717) is 24.2 Å². The van der Waals surface area contributed by atoms with Crippen LogP contribution in [0, 0.1) is 28.6 Å². The van der Waals surface area contributed by atoms with Gasteiger partial charge in [-0.3, -0.25) is 14.4 Å². The molecule has 1 aromatic carbocycles. The third-order valence-corrected chi connectivity index (χ3v) is 10.9. The van der Waals surface area contributed by atoms with Gasteiger partial charge < -0.3 is 19.9 Å². The number of allylic oxidation sites excluding steroid dienone is 1. The molecule has 0 spiro atoms. The van der Waals surface area contributed by atoms with E-state index in [4.69, 9.17) is 9.47 Å². The van der Waals surface area contributed by atoms with Crippen LogP contribution in [0.1, 0.15) is 83.6 Å². The van der Waals surface area contributed by atoms with Gasteiger partial charge in [0.15, 0.2) is 5.78 Å². The van der Waals surface area contributed by atoms with E-state index in [1.165, 1.54) is 24.8 Å². The number of aromatic hydroxyl groups is 1. The van der Waals surface area contributed by atoms with Crippen molar-refractivity contribution in [2.75, 3.05) is 7.11 Å². The lowest BCUT2D eigenvalue weighted by molar-refractivity contribution is -0.160. The van der Waals surface area contributed by atoms with Gasteiger partial charge in [0.2, 0.25) is 5.91 Å². The summed E-state index contributed by atoms with van der Waals surface area (Å²) in [6.07, 6.45) is 9.54. The number of hydrogen-bond acceptors (Lipinski definition) is 7. The molecule has 0 aromatic heterocycles. The minimum Gasteiger partial charge on any atom is -0.508 e. The van der Waals surface area contributed by atoms with Crippen LogP contribution in [0.15, 0.2) is 35.9 Å². The number of carbonyl (C=O) groups excluding carboxylic acids is 4. The molecule has 1 aromatic rings. The number of hydrogen-bond donors (Lipinski definition) is 2. The van der Waals surface area contributed by atoms with E-state index in [1.54, 1.807) is 12.1 Å². The van der Waals surface area contributed by atoms with E-state index in [9.17, 15) is 24.3 Å². The molecule has 1 amide bonds. The van der Waals surface area contributed by atoms with Crippen LogP contribution >= 0.6 is 0 Å². The van der Waals surface area contributed by atoms with Crippen molar-refractivity contribution in [2.24, 2.45) is 28.6 Å². The van der Waals surface area contributed by atoms with E-state index in [1.807, 2.05) is 6.08 Å². The molecule has 0 radical (unpaired) electrons. The Labute approximate surface area is 242 Å². The van der Waals surface area contributed by atoms with Crippen molar-refractivity contribution < 1.29 is 33.8 Å². The Morgan fingerprint density at radius 1 is 1.00 bits per heavy atom. The number of nitrogens with one attached hydrogen (secondary N) is 1. The topological polar surface area (TPSA) is 119 Å². The summed E-state index contributed by atoms with van der Waals surface area (Å²) in [6.45, 7) is 4.66. The fraction of sp³-hybridized carbons (Fsp3) is 0.636. The van der Waals surface area contributed by atoms with Crippen molar-refractivity contribution in [2.45, 2.75) is 96.6 Å². The number of rotatable bonds is 8. The summed E-state index contributed by atoms with van der Waals surface area (Å²) in [4.78, 5) is 50.0. The zero-order valence-electron chi connectivity index (χ0n) is 24.4. The van der Waals surface area contributed by atoms with Crippen molar-refractivity contribution >= 4 is 23.6 Å². The molecule has 2 N–H and O–H groups in total. The van der Waals surface area contributed by atoms with E-state index < -0.39 is 17.9 Å². The van der Waals surface area contributed by atoms with Gasteiger partial charge in [-0.25, -0.2) is 4.79 Å². The van der Waals surface area contributed by atoms with Gasteiger partial charge in [0.05, 0.1) is 13.5 Å². The van der Waals surface area contributed by atoms with Crippen molar-refractivity contribution in [3.63, 3.8) is 0 Å². The van der Waals surface area contributed by atoms with E-state index >= 15 is 0 Å². The van der Waals surface area contributed by atoms with Gasteiger partial charge in [-0.2, -0.15) is 0 Å². The van der Waals surface area contributed by atoms with Crippen LogP contribution in [0.2, 0.25) is 0 Å². The fourth-order valence-corrected chi connectivity index (χ4v) is 8.61. The monoisotopic (exact) mass is 565 g/mol. The highest BCUT2D eigenvalue weighted by atomic mass is 16.5.